The third-order valence-corrected chi connectivity index (χ3v) is 6.72. The maximum absolute atomic E-state index is 13.0. The fourth-order valence-electron chi connectivity index (χ4n) is 3.94. The quantitative estimate of drug-likeness (QED) is 0.533. The molecule has 1 heterocycles. The van der Waals surface area contributed by atoms with E-state index in [1.807, 2.05) is 30.3 Å². The fourth-order valence-corrected chi connectivity index (χ4v) is 5.33. The minimum absolute atomic E-state index is 0.0187. The van der Waals surface area contributed by atoms with E-state index in [2.05, 4.69) is 12.1 Å². The number of carbonyl (C=O) groups is 1. The van der Waals surface area contributed by atoms with Crippen LogP contribution in [0.2, 0.25) is 0 Å². The van der Waals surface area contributed by atoms with Gasteiger partial charge in [0.15, 0.2) is 0 Å². The van der Waals surface area contributed by atoms with Gasteiger partial charge in [-0.05, 0) is 48.6 Å². The van der Waals surface area contributed by atoms with Crippen LogP contribution < -0.4 is 0 Å². The molecule has 1 aliphatic carbocycles. The fraction of sp³-hybridized carbons (Fsp3) is 0.304. The molecule has 2 aromatic carbocycles. The zero-order valence-corrected chi connectivity index (χ0v) is 17.3. The number of hydrogen-bond donors (Lipinski definition) is 1. The molecule has 0 aromatic heterocycles. The van der Waals surface area contributed by atoms with Crippen LogP contribution >= 0.6 is 24.0 Å². The van der Waals surface area contributed by atoms with E-state index < -0.39 is 0 Å². The van der Waals surface area contributed by atoms with Crippen LogP contribution in [-0.2, 0) is 11.2 Å². The summed E-state index contributed by atoms with van der Waals surface area (Å²) in [6.45, 7) is 0. The van der Waals surface area contributed by atoms with Crippen molar-refractivity contribution in [2.24, 2.45) is 0 Å². The predicted octanol–water partition coefficient (Wildman–Crippen LogP) is 5.52. The van der Waals surface area contributed by atoms with Gasteiger partial charge in [-0.25, -0.2) is 0 Å². The zero-order valence-electron chi connectivity index (χ0n) is 15.6. The third-order valence-electron chi connectivity index (χ3n) is 5.39. The Labute approximate surface area is 175 Å². The number of thiocarbonyl (C=S) groups is 1. The van der Waals surface area contributed by atoms with E-state index >= 15 is 0 Å². The molecule has 3 nitrogen and oxygen atoms in total. The van der Waals surface area contributed by atoms with Crippen molar-refractivity contribution in [2.75, 3.05) is 0 Å². The normalized spacial score (nSPS) is 19.6. The molecule has 2 aromatic rings. The van der Waals surface area contributed by atoms with Gasteiger partial charge in [0.25, 0.3) is 5.91 Å². The Kier molecular flexibility index (Phi) is 5.83. The van der Waals surface area contributed by atoms with Gasteiger partial charge < -0.3 is 5.11 Å². The Morgan fingerprint density at radius 1 is 1.07 bits per heavy atom. The summed E-state index contributed by atoms with van der Waals surface area (Å²) in [4.78, 5) is 15.4. The van der Waals surface area contributed by atoms with Crippen LogP contribution in [0.1, 0.15) is 48.8 Å². The van der Waals surface area contributed by atoms with Crippen molar-refractivity contribution in [1.82, 2.24) is 4.90 Å². The largest absolute Gasteiger partial charge is 0.507 e. The monoisotopic (exact) mass is 409 g/mol. The maximum atomic E-state index is 13.0. The molecule has 0 bridgehead atoms. The van der Waals surface area contributed by atoms with Crippen LogP contribution in [0.3, 0.4) is 0 Å². The molecule has 0 spiro atoms. The highest BCUT2D eigenvalue weighted by Gasteiger charge is 2.37. The number of benzene rings is 2. The summed E-state index contributed by atoms with van der Waals surface area (Å²) in [5, 5.41) is 10.3. The molecular weight excluding hydrogens is 386 g/mol. The SMILES string of the molecule is O=C1/C(=C\c2cc(Cc3ccccc3)ccc2O)SC(=S)N1C1CCCCC1. The minimum atomic E-state index is -0.0187. The second-order valence-corrected chi connectivity index (χ2v) is 9.07. The van der Waals surface area contributed by atoms with Gasteiger partial charge in [-0.3, -0.25) is 9.69 Å². The summed E-state index contributed by atoms with van der Waals surface area (Å²) in [6.07, 6.45) is 8.17. The van der Waals surface area contributed by atoms with Crippen molar-refractivity contribution < 1.29 is 9.90 Å². The van der Waals surface area contributed by atoms with E-state index in [0.29, 0.717) is 14.8 Å². The number of nitrogens with zero attached hydrogens (tertiary/aromatic N) is 1. The van der Waals surface area contributed by atoms with Crippen molar-refractivity contribution in [3.63, 3.8) is 0 Å². The van der Waals surface area contributed by atoms with E-state index in [4.69, 9.17) is 12.2 Å². The summed E-state index contributed by atoms with van der Waals surface area (Å²) in [5.74, 6) is 0.162. The summed E-state index contributed by atoms with van der Waals surface area (Å²) in [5.41, 5.74) is 2.97. The lowest BCUT2D eigenvalue weighted by Crippen LogP contribution is -2.39. The standard InChI is InChI=1S/C23H23NO2S2/c25-20-12-11-17(13-16-7-3-1-4-8-16)14-18(20)15-21-22(26)24(23(27)28-21)19-9-5-2-6-10-19/h1,3-4,7-8,11-12,14-15,19,25H,2,5-6,9-10,13H2/b21-15+. The molecule has 0 atom stereocenters. The molecule has 144 valence electrons. The lowest BCUT2D eigenvalue weighted by molar-refractivity contribution is -0.124. The topological polar surface area (TPSA) is 40.5 Å². The summed E-state index contributed by atoms with van der Waals surface area (Å²) in [7, 11) is 0. The number of rotatable bonds is 4. The highest BCUT2D eigenvalue weighted by atomic mass is 32.2. The van der Waals surface area contributed by atoms with Gasteiger partial charge in [0.2, 0.25) is 0 Å². The Morgan fingerprint density at radius 3 is 2.57 bits per heavy atom. The number of aromatic hydroxyl groups is 1. The van der Waals surface area contributed by atoms with E-state index in [1.54, 1.807) is 17.0 Å². The van der Waals surface area contributed by atoms with Gasteiger partial charge in [-0.1, -0.05) is 79.6 Å². The van der Waals surface area contributed by atoms with Gasteiger partial charge in [0, 0.05) is 11.6 Å². The van der Waals surface area contributed by atoms with E-state index in [1.165, 1.54) is 23.7 Å². The van der Waals surface area contributed by atoms with Crippen molar-refractivity contribution >= 4 is 40.3 Å². The molecule has 1 amide bonds. The van der Waals surface area contributed by atoms with Crippen LogP contribution in [0.4, 0.5) is 0 Å². The number of thioether (sulfide) groups is 1. The van der Waals surface area contributed by atoms with Crippen LogP contribution in [0.15, 0.2) is 53.4 Å². The average molecular weight is 410 g/mol. The molecule has 5 heteroatoms. The number of phenolic OH excluding ortho intramolecular Hbond substituents is 1. The Morgan fingerprint density at radius 2 is 1.82 bits per heavy atom. The number of phenols is 1. The maximum Gasteiger partial charge on any atom is 0.266 e. The number of carbonyl (C=O) groups excluding carboxylic acids is 1. The molecule has 1 saturated carbocycles. The lowest BCUT2D eigenvalue weighted by atomic mass is 9.94. The molecular formula is C23H23NO2S2. The molecule has 1 aliphatic heterocycles. The van der Waals surface area contributed by atoms with Crippen LogP contribution in [0, 0.1) is 0 Å². The Hall–Kier alpha value is -2.11. The van der Waals surface area contributed by atoms with Crippen LogP contribution in [0.5, 0.6) is 5.75 Å². The number of hydrogen-bond acceptors (Lipinski definition) is 4. The minimum Gasteiger partial charge on any atom is -0.507 e. The predicted molar refractivity (Wildman–Crippen MR) is 119 cm³/mol. The van der Waals surface area contributed by atoms with E-state index in [9.17, 15) is 9.90 Å². The molecule has 2 aliphatic rings. The molecule has 1 N–H and O–H groups in total. The van der Waals surface area contributed by atoms with E-state index in [0.717, 1.165) is 37.7 Å². The number of amides is 1. The van der Waals surface area contributed by atoms with Crippen molar-refractivity contribution in [2.45, 2.75) is 44.6 Å². The first-order valence-corrected chi connectivity index (χ1v) is 11.0. The van der Waals surface area contributed by atoms with Gasteiger partial charge in [-0.15, -0.1) is 0 Å². The zero-order chi connectivity index (χ0) is 19.5. The highest BCUT2D eigenvalue weighted by molar-refractivity contribution is 8.26. The first-order valence-electron chi connectivity index (χ1n) is 9.75. The third kappa shape index (κ3) is 4.15. The molecule has 28 heavy (non-hydrogen) atoms. The van der Waals surface area contributed by atoms with E-state index in [-0.39, 0.29) is 17.7 Å². The van der Waals surface area contributed by atoms with Gasteiger partial charge in [-0.2, -0.15) is 0 Å². The van der Waals surface area contributed by atoms with Crippen molar-refractivity contribution in [1.29, 1.82) is 0 Å². The molecule has 0 radical (unpaired) electrons. The summed E-state index contributed by atoms with van der Waals surface area (Å²) < 4.78 is 0.642. The van der Waals surface area contributed by atoms with Crippen LogP contribution in [0.25, 0.3) is 6.08 Å². The second kappa shape index (κ2) is 8.50. The Bertz CT molecular complexity index is 917. The highest BCUT2D eigenvalue weighted by Crippen LogP contribution is 2.38. The molecule has 2 fully saturated rings. The lowest BCUT2D eigenvalue weighted by Gasteiger charge is -2.29. The molecule has 4 rings (SSSR count). The smallest absolute Gasteiger partial charge is 0.266 e. The molecule has 0 unspecified atom stereocenters. The van der Waals surface area contributed by atoms with Crippen molar-refractivity contribution in [3.05, 3.63) is 70.1 Å². The average Bonchev–Trinajstić information content (AvgIpc) is 2.99. The van der Waals surface area contributed by atoms with Crippen LogP contribution in [-0.4, -0.2) is 26.3 Å². The Balaban J connectivity index is 1.57. The van der Waals surface area contributed by atoms with Gasteiger partial charge in [0.1, 0.15) is 10.1 Å². The van der Waals surface area contributed by atoms with Crippen molar-refractivity contribution in [3.8, 4) is 5.75 Å². The first kappa shape index (κ1) is 19.2. The second-order valence-electron chi connectivity index (χ2n) is 7.40. The first-order chi connectivity index (χ1) is 13.6. The summed E-state index contributed by atoms with van der Waals surface area (Å²) in [6, 6.07) is 16.0. The summed E-state index contributed by atoms with van der Waals surface area (Å²) >= 11 is 6.85. The van der Waals surface area contributed by atoms with Gasteiger partial charge in [0.05, 0.1) is 4.91 Å². The van der Waals surface area contributed by atoms with Gasteiger partial charge >= 0.3 is 0 Å². The molecule has 1 saturated heterocycles.